The predicted octanol–water partition coefficient (Wildman–Crippen LogP) is 2.75. The lowest BCUT2D eigenvalue weighted by atomic mass is 10.2. The Hall–Kier alpha value is -1.38. The topological polar surface area (TPSA) is 29.0 Å². The van der Waals surface area contributed by atoms with Gasteiger partial charge in [0, 0.05) is 25.4 Å². The minimum atomic E-state index is 0.852. The summed E-state index contributed by atoms with van der Waals surface area (Å²) in [4.78, 5) is 11.0. The number of rotatable bonds is 6. The molecule has 0 unspecified atom stereocenters. The number of aryl methyl sites for hydroxylation is 2. The number of hydrogen-bond acceptors (Lipinski definition) is 3. The number of anilines is 1. The second-order valence-corrected chi connectivity index (χ2v) is 3.97. The van der Waals surface area contributed by atoms with Gasteiger partial charge in [0.2, 0.25) is 0 Å². The van der Waals surface area contributed by atoms with Crippen LogP contribution < -0.4 is 4.90 Å². The third-order valence-corrected chi connectivity index (χ3v) is 2.53. The number of nitrogens with zero attached hydrogens (tertiary/aromatic N) is 3. The lowest BCUT2D eigenvalue weighted by Gasteiger charge is -2.18. The smallest absolute Gasteiger partial charge is 0.132 e. The summed E-state index contributed by atoms with van der Waals surface area (Å²) in [5.74, 6) is 1.87. The zero-order chi connectivity index (χ0) is 12.0. The van der Waals surface area contributed by atoms with Crippen molar-refractivity contribution in [2.45, 2.75) is 33.1 Å². The summed E-state index contributed by atoms with van der Waals surface area (Å²) in [6.07, 6.45) is 5.08. The maximum Gasteiger partial charge on any atom is 0.132 e. The number of unbranched alkanes of at least 4 members (excludes halogenated alkanes) is 1. The monoisotopic (exact) mass is 219 g/mol. The molecule has 0 aliphatic heterocycles. The predicted molar refractivity (Wildman–Crippen MR) is 68.8 cm³/mol. The van der Waals surface area contributed by atoms with E-state index in [1.54, 1.807) is 0 Å². The van der Waals surface area contributed by atoms with E-state index in [9.17, 15) is 0 Å². The highest BCUT2D eigenvalue weighted by atomic mass is 15.2. The van der Waals surface area contributed by atoms with Crippen molar-refractivity contribution in [2.24, 2.45) is 0 Å². The van der Waals surface area contributed by atoms with Gasteiger partial charge in [-0.3, -0.25) is 0 Å². The maximum atomic E-state index is 4.45. The molecule has 0 atom stereocenters. The van der Waals surface area contributed by atoms with Crippen LogP contribution in [0.2, 0.25) is 0 Å². The summed E-state index contributed by atoms with van der Waals surface area (Å²) in [6, 6.07) is 2.07. The summed E-state index contributed by atoms with van der Waals surface area (Å²) in [6.45, 7) is 8.79. The van der Waals surface area contributed by atoms with Crippen LogP contribution in [-0.4, -0.2) is 23.6 Å². The van der Waals surface area contributed by atoms with Gasteiger partial charge in [-0.05, 0) is 26.2 Å². The standard InChI is InChI=1S/C13H21N3/c1-5-7-8-9-16(4)13-10-12(6-2)14-11(3)15-13/h5,10H,1,6-9H2,2-4H3. The van der Waals surface area contributed by atoms with Crippen LogP contribution in [0.1, 0.15) is 31.3 Å². The van der Waals surface area contributed by atoms with Gasteiger partial charge in [0.05, 0.1) is 0 Å². The van der Waals surface area contributed by atoms with E-state index >= 15 is 0 Å². The van der Waals surface area contributed by atoms with Gasteiger partial charge in [-0.1, -0.05) is 13.0 Å². The zero-order valence-corrected chi connectivity index (χ0v) is 10.5. The highest BCUT2D eigenvalue weighted by Gasteiger charge is 2.05. The van der Waals surface area contributed by atoms with E-state index in [2.05, 4.69) is 41.5 Å². The molecule has 0 aliphatic carbocycles. The van der Waals surface area contributed by atoms with E-state index in [4.69, 9.17) is 0 Å². The van der Waals surface area contributed by atoms with Gasteiger partial charge in [-0.15, -0.1) is 6.58 Å². The normalized spacial score (nSPS) is 10.2. The molecule has 0 bridgehead atoms. The molecular formula is C13H21N3. The Morgan fingerprint density at radius 2 is 2.19 bits per heavy atom. The molecule has 0 radical (unpaired) electrons. The fraction of sp³-hybridized carbons (Fsp3) is 0.538. The molecule has 0 saturated carbocycles. The number of allylic oxidation sites excluding steroid dienone is 1. The fourth-order valence-corrected chi connectivity index (χ4v) is 1.58. The van der Waals surface area contributed by atoms with Gasteiger partial charge in [0.15, 0.2) is 0 Å². The molecule has 0 aliphatic rings. The van der Waals surface area contributed by atoms with Crippen LogP contribution in [0.3, 0.4) is 0 Å². The van der Waals surface area contributed by atoms with Crippen LogP contribution in [-0.2, 0) is 6.42 Å². The second kappa shape index (κ2) is 6.26. The Labute approximate surface area is 98.2 Å². The van der Waals surface area contributed by atoms with E-state index in [-0.39, 0.29) is 0 Å². The Kier molecular flexibility index (Phi) is 4.96. The molecule has 0 spiro atoms. The quantitative estimate of drug-likeness (QED) is 0.544. The summed E-state index contributed by atoms with van der Waals surface area (Å²) in [5.41, 5.74) is 1.11. The minimum absolute atomic E-state index is 0.852. The van der Waals surface area contributed by atoms with Gasteiger partial charge in [-0.2, -0.15) is 0 Å². The molecule has 0 saturated heterocycles. The third kappa shape index (κ3) is 3.65. The molecule has 16 heavy (non-hydrogen) atoms. The largest absolute Gasteiger partial charge is 0.360 e. The molecule has 88 valence electrons. The SMILES string of the molecule is C=CCCCN(C)c1cc(CC)nc(C)n1. The highest BCUT2D eigenvalue weighted by molar-refractivity contribution is 5.38. The van der Waals surface area contributed by atoms with Crippen molar-refractivity contribution >= 4 is 5.82 Å². The molecule has 0 fully saturated rings. The second-order valence-electron chi connectivity index (χ2n) is 3.97. The van der Waals surface area contributed by atoms with Crippen LogP contribution >= 0.6 is 0 Å². The molecule has 0 amide bonds. The first kappa shape index (κ1) is 12.7. The zero-order valence-electron chi connectivity index (χ0n) is 10.5. The summed E-state index contributed by atoms with van der Waals surface area (Å²) in [7, 11) is 2.07. The summed E-state index contributed by atoms with van der Waals surface area (Å²) in [5, 5.41) is 0. The lowest BCUT2D eigenvalue weighted by Crippen LogP contribution is -2.20. The van der Waals surface area contributed by atoms with Crippen molar-refractivity contribution in [2.75, 3.05) is 18.5 Å². The van der Waals surface area contributed by atoms with E-state index < -0.39 is 0 Å². The molecular weight excluding hydrogens is 198 g/mol. The Morgan fingerprint density at radius 3 is 2.81 bits per heavy atom. The molecule has 0 aromatic carbocycles. The minimum Gasteiger partial charge on any atom is -0.360 e. The van der Waals surface area contributed by atoms with Gasteiger partial charge in [0.1, 0.15) is 11.6 Å². The van der Waals surface area contributed by atoms with Crippen molar-refractivity contribution in [1.29, 1.82) is 0 Å². The van der Waals surface area contributed by atoms with Crippen LogP contribution in [0, 0.1) is 6.92 Å². The van der Waals surface area contributed by atoms with Crippen LogP contribution in [0.25, 0.3) is 0 Å². The van der Waals surface area contributed by atoms with Gasteiger partial charge in [0.25, 0.3) is 0 Å². The van der Waals surface area contributed by atoms with Gasteiger partial charge in [-0.25, -0.2) is 9.97 Å². The van der Waals surface area contributed by atoms with Gasteiger partial charge < -0.3 is 4.90 Å². The Balaban J connectivity index is 2.70. The van der Waals surface area contributed by atoms with Crippen LogP contribution in [0.15, 0.2) is 18.7 Å². The average Bonchev–Trinajstić information content (AvgIpc) is 2.28. The first-order valence-corrected chi connectivity index (χ1v) is 5.84. The van der Waals surface area contributed by atoms with Crippen molar-refractivity contribution in [3.63, 3.8) is 0 Å². The Morgan fingerprint density at radius 1 is 1.44 bits per heavy atom. The average molecular weight is 219 g/mol. The highest BCUT2D eigenvalue weighted by Crippen LogP contribution is 2.12. The first-order valence-electron chi connectivity index (χ1n) is 5.84. The summed E-state index contributed by atoms with van der Waals surface area (Å²) < 4.78 is 0. The molecule has 1 rings (SSSR count). The van der Waals surface area contributed by atoms with E-state index in [1.165, 1.54) is 0 Å². The number of hydrogen-bond donors (Lipinski definition) is 0. The van der Waals surface area contributed by atoms with E-state index in [1.807, 2.05) is 13.0 Å². The molecule has 1 aromatic rings. The van der Waals surface area contributed by atoms with Gasteiger partial charge >= 0.3 is 0 Å². The molecule has 1 aromatic heterocycles. The maximum absolute atomic E-state index is 4.45. The fourth-order valence-electron chi connectivity index (χ4n) is 1.58. The van der Waals surface area contributed by atoms with E-state index in [0.29, 0.717) is 0 Å². The number of aromatic nitrogens is 2. The molecule has 1 heterocycles. The molecule has 3 heteroatoms. The third-order valence-electron chi connectivity index (χ3n) is 2.53. The van der Waals surface area contributed by atoms with Crippen LogP contribution in [0.5, 0.6) is 0 Å². The Bertz CT molecular complexity index is 347. The van der Waals surface area contributed by atoms with Crippen molar-refractivity contribution in [3.8, 4) is 0 Å². The molecule has 0 N–H and O–H groups in total. The van der Waals surface area contributed by atoms with Crippen LogP contribution in [0.4, 0.5) is 5.82 Å². The first-order chi connectivity index (χ1) is 7.67. The lowest BCUT2D eigenvalue weighted by molar-refractivity contribution is 0.783. The van der Waals surface area contributed by atoms with E-state index in [0.717, 1.165) is 43.1 Å². The van der Waals surface area contributed by atoms with Crippen molar-refractivity contribution in [3.05, 3.63) is 30.2 Å². The van der Waals surface area contributed by atoms with Crippen molar-refractivity contribution in [1.82, 2.24) is 9.97 Å². The molecule has 3 nitrogen and oxygen atoms in total. The van der Waals surface area contributed by atoms with Crippen molar-refractivity contribution < 1.29 is 0 Å². The summed E-state index contributed by atoms with van der Waals surface area (Å²) >= 11 is 0.